The fourth-order valence-electron chi connectivity index (χ4n) is 3.18. The van der Waals surface area contributed by atoms with Crippen LogP contribution in [0.25, 0.3) is 11.0 Å². The van der Waals surface area contributed by atoms with Crippen LogP contribution < -0.4 is 5.69 Å². The van der Waals surface area contributed by atoms with Gasteiger partial charge in [0.25, 0.3) is 0 Å². The van der Waals surface area contributed by atoms with Gasteiger partial charge in [-0.3, -0.25) is 9.13 Å². The molecule has 0 amide bonds. The summed E-state index contributed by atoms with van der Waals surface area (Å²) in [4.78, 5) is 12.3. The van der Waals surface area contributed by atoms with Gasteiger partial charge in [0.2, 0.25) is 0 Å². The van der Waals surface area contributed by atoms with Gasteiger partial charge in [0.15, 0.2) is 0 Å². The predicted octanol–water partition coefficient (Wildman–Crippen LogP) is 2.04. The van der Waals surface area contributed by atoms with Crippen LogP contribution >= 0.6 is 0 Å². The normalized spacial score (nSPS) is 18.8. The van der Waals surface area contributed by atoms with Crippen molar-refractivity contribution in [2.75, 3.05) is 0 Å². The summed E-state index contributed by atoms with van der Waals surface area (Å²) in [5, 5.41) is 10.6. The van der Waals surface area contributed by atoms with Crippen molar-refractivity contribution in [3.05, 3.63) is 34.7 Å². The molecule has 1 N–H and O–H groups in total. The van der Waals surface area contributed by atoms with Gasteiger partial charge in [-0.25, -0.2) is 4.79 Å². The number of nitrogens with zero attached hydrogens (tertiary/aromatic N) is 2. The zero-order chi connectivity index (χ0) is 13.5. The number of hydrogen-bond acceptors (Lipinski definition) is 2. The Morgan fingerprint density at radius 3 is 2.47 bits per heavy atom. The molecule has 3 rings (SSSR count). The maximum Gasteiger partial charge on any atom is 0.328 e. The highest BCUT2D eigenvalue weighted by Crippen LogP contribution is 2.30. The number of para-hydroxylation sites is 2. The Kier molecular flexibility index (Phi) is 2.97. The molecule has 1 aromatic heterocycles. The largest absolute Gasteiger partial charge is 0.388 e. The van der Waals surface area contributed by atoms with Crippen molar-refractivity contribution in [2.45, 2.75) is 44.2 Å². The van der Waals surface area contributed by atoms with E-state index in [-0.39, 0.29) is 5.69 Å². The monoisotopic (exact) mass is 260 g/mol. The second-order valence-electron chi connectivity index (χ2n) is 5.70. The molecule has 0 unspecified atom stereocenters. The second-order valence-corrected chi connectivity index (χ2v) is 5.70. The Labute approximate surface area is 112 Å². The molecule has 1 fully saturated rings. The first kappa shape index (κ1) is 12.5. The molecule has 1 aromatic carbocycles. The quantitative estimate of drug-likeness (QED) is 0.898. The Morgan fingerprint density at radius 2 is 1.79 bits per heavy atom. The Bertz CT molecular complexity index is 648. The van der Waals surface area contributed by atoms with Crippen molar-refractivity contribution >= 4 is 11.0 Å². The van der Waals surface area contributed by atoms with Crippen molar-refractivity contribution in [3.8, 4) is 0 Å². The molecule has 0 bridgehead atoms. The first-order valence-corrected chi connectivity index (χ1v) is 6.97. The molecule has 102 valence electrons. The molecule has 0 atom stereocenters. The molecule has 0 radical (unpaired) electrons. The van der Waals surface area contributed by atoms with Crippen molar-refractivity contribution < 1.29 is 5.11 Å². The number of imidazole rings is 1. The van der Waals surface area contributed by atoms with Crippen LogP contribution in [-0.2, 0) is 13.6 Å². The highest BCUT2D eigenvalue weighted by molar-refractivity contribution is 5.75. The molecule has 1 aliphatic carbocycles. The maximum atomic E-state index is 12.3. The summed E-state index contributed by atoms with van der Waals surface area (Å²) in [5.41, 5.74) is 1.08. The molecule has 2 aromatic rings. The smallest absolute Gasteiger partial charge is 0.328 e. The minimum Gasteiger partial charge on any atom is -0.388 e. The number of aromatic nitrogens is 2. The van der Waals surface area contributed by atoms with Crippen molar-refractivity contribution in [1.82, 2.24) is 9.13 Å². The van der Waals surface area contributed by atoms with Gasteiger partial charge in [-0.15, -0.1) is 0 Å². The molecular formula is C15H20N2O2. The van der Waals surface area contributed by atoms with Gasteiger partial charge >= 0.3 is 5.69 Å². The summed E-state index contributed by atoms with van der Waals surface area (Å²) in [5.74, 6) is 0. The molecule has 1 saturated carbocycles. The van der Waals surface area contributed by atoms with E-state index in [1.807, 2.05) is 24.3 Å². The van der Waals surface area contributed by atoms with E-state index in [1.165, 1.54) is 6.42 Å². The minimum absolute atomic E-state index is 0.0415. The molecule has 0 saturated heterocycles. The van der Waals surface area contributed by atoms with E-state index in [1.54, 1.807) is 16.2 Å². The fraction of sp³-hybridized carbons (Fsp3) is 0.533. The van der Waals surface area contributed by atoms with Gasteiger partial charge in [-0.2, -0.15) is 0 Å². The van der Waals surface area contributed by atoms with E-state index in [2.05, 4.69) is 0 Å². The standard InChI is InChI=1S/C15H20N2O2/c1-16-12-7-3-4-8-13(12)17(14(16)18)11-15(19)9-5-2-6-10-15/h3-4,7-8,19H,2,5-6,9-11H2,1H3. The van der Waals surface area contributed by atoms with Crippen molar-refractivity contribution in [3.63, 3.8) is 0 Å². The number of aryl methyl sites for hydroxylation is 1. The third-order valence-corrected chi connectivity index (χ3v) is 4.29. The van der Waals surface area contributed by atoms with Gasteiger partial charge in [-0.05, 0) is 25.0 Å². The molecule has 4 nitrogen and oxygen atoms in total. The average Bonchev–Trinajstić information content (AvgIpc) is 2.65. The maximum absolute atomic E-state index is 12.3. The van der Waals surface area contributed by atoms with E-state index >= 15 is 0 Å². The summed E-state index contributed by atoms with van der Waals surface area (Å²) in [6.45, 7) is 0.410. The van der Waals surface area contributed by atoms with E-state index in [0.717, 1.165) is 36.7 Å². The molecule has 1 aliphatic rings. The number of aliphatic hydroxyl groups is 1. The van der Waals surface area contributed by atoms with E-state index in [4.69, 9.17) is 0 Å². The Morgan fingerprint density at radius 1 is 1.16 bits per heavy atom. The fourth-order valence-corrected chi connectivity index (χ4v) is 3.18. The van der Waals surface area contributed by atoms with E-state index < -0.39 is 5.60 Å². The van der Waals surface area contributed by atoms with Gasteiger partial charge in [0, 0.05) is 7.05 Å². The summed E-state index contributed by atoms with van der Waals surface area (Å²) < 4.78 is 3.38. The van der Waals surface area contributed by atoms with Crippen LogP contribution in [0.1, 0.15) is 32.1 Å². The SMILES string of the molecule is Cn1c(=O)n(CC2(O)CCCCC2)c2ccccc21. The van der Waals surface area contributed by atoms with Gasteiger partial charge < -0.3 is 5.11 Å². The highest BCUT2D eigenvalue weighted by Gasteiger charge is 2.31. The number of benzene rings is 1. The average molecular weight is 260 g/mol. The minimum atomic E-state index is -0.716. The lowest BCUT2D eigenvalue weighted by molar-refractivity contribution is -0.0113. The van der Waals surface area contributed by atoms with Gasteiger partial charge in [0.1, 0.15) is 0 Å². The summed E-state index contributed by atoms with van der Waals surface area (Å²) >= 11 is 0. The van der Waals surface area contributed by atoms with Crippen LogP contribution in [-0.4, -0.2) is 19.8 Å². The highest BCUT2D eigenvalue weighted by atomic mass is 16.3. The van der Waals surface area contributed by atoms with Crippen molar-refractivity contribution in [1.29, 1.82) is 0 Å². The van der Waals surface area contributed by atoms with Crippen LogP contribution in [0.2, 0.25) is 0 Å². The van der Waals surface area contributed by atoms with Crippen LogP contribution in [0.3, 0.4) is 0 Å². The summed E-state index contributed by atoms with van der Waals surface area (Å²) in [7, 11) is 1.78. The summed E-state index contributed by atoms with van der Waals surface area (Å²) in [6.07, 6.45) is 4.88. The first-order chi connectivity index (χ1) is 9.11. The predicted molar refractivity (Wildman–Crippen MR) is 75.2 cm³/mol. The summed E-state index contributed by atoms with van der Waals surface area (Å²) in [6, 6.07) is 7.76. The van der Waals surface area contributed by atoms with E-state index in [9.17, 15) is 9.90 Å². The topological polar surface area (TPSA) is 47.2 Å². The van der Waals surface area contributed by atoms with Crippen LogP contribution in [0.4, 0.5) is 0 Å². The zero-order valence-corrected chi connectivity index (χ0v) is 11.3. The number of fused-ring (bicyclic) bond motifs is 1. The lowest BCUT2D eigenvalue weighted by atomic mass is 9.85. The Balaban J connectivity index is 2.05. The lowest BCUT2D eigenvalue weighted by Gasteiger charge is -2.32. The van der Waals surface area contributed by atoms with Gasteiger partial charge in [-0.1, -0.05) is 31.4 Å². The van der Waals surface area contributed by atoms with Crippen LogP contribution in [0.15, 0.2) is 29.1 Å². The van der Waals surface area contributed by atoms with Gasteiger partial charge in [0.05, 0.1) is 23.2 Å². The zero-order valence-electron chi connectivity index (χ0n) is 11.3. The third-order valence-electron chi connectivity index (χ3n) is 4.29. The third kappa shape index (κ3) is 2.10. The second kappa shape index (κ2) is 4.53. The molecule has 0 spiro atoms. The lowest BCUT2D eigenvalue weighted by Crippen LogP contribution is -2.39. The van der Waals surface area contributed by atoms with Crippen LogP contribution in [0.5, 0.6) is 0 Å². The molecule has 1 heterocycles. The van der Waals surface area contributed by atoms with Crippen molar-refractivity contribution in [2.24, 2.45) is 7.05 Å². The molecule has 4 heteroatoms. The number of hydrogen-bond donors (Lipinski definition) is 1. The number of rotatable bonds is 2. The van der Waals surface area contributed by atoms with E-state index in [0.29, 0.717) is 6.54 Å². The first-order valence-electron chi connectivity index (χ1n) is 6.97. The molecule has 0 aliphatic heterocycles. The molecular weight excluding hydrogens is 240 g/mol. The van der Waals surface area contributed by atoms with Crippen LogP contribution in [0, 0.1) is 0 Å². The molecule has 19 heavy (non-hydrogen) atoms. The Hall–Kier alpha value is -1.55.